The predicted octanol–water partition coefficient (Wildman–Crippen LogP) is 0.400. The summed E-state index contributed by atoms with van der Waals surface area (Å²) in [6.07, 6.45) is 0.995. The minimum Gasteiger partial charge on any atom is -0.299 e. The van der Waals surface area contributed by atoms with Gasteiger partial charge in [-0.1, -0.05) is 6.92 Å². The van der Waals surface area contributed by atoms with E-state index in [9.17, 15) is 13.2 Å². The Labute approximate surface area is 66.7 Å². The van der Waals surface area contributed by atoms with E-state index in [1.54, 1.807) is 6.92 Å². The molecule has 1 rings (SSSR count). The minimum atomic E-state index is -2.87. The first-order valence-corrected chi connectivity index (χ1v) is 5.60. The lowest BCUT2D eigenvalue weighted by Crippen LogP contribution is -2.14. The van der Waals surface area contributed by atoms with Crippen LogP contribution in [0.2, 0.25) is 0 Å². The Morgan fingerprint density at radius 3 is 2.55 bits per heavy atom. The summed E-state index contributed by atoms with van der Waals surface area (Å²) in [5, 5.41) is 0. The van der Waals surface area contributed by atoms with Crippen LogP contribution in [0.4, 0.5) is 0 Å². The second-order valence-electron chi connectivity index (χ2n) is 2.92. The van der Waals surface area contributed by atoms with Crippen LogP contribution in [0, 0.1) is 5.92 Å². The van der Waals surface area contributed by atoms with Gasteiger partial charge in [0, 0.05) is 12.3 Å². The third-order valence-electron chi connectivity index (χ3n) is 2.04. The lowest BCUT2D eigenvalue weighted by molar-refractivity contribution is -0.121. The number of carbonyl (C=O) groups excluding carboxylic acids is 1. The van der Waals surface area contributed by atoms with Crippen molar-refractivity contribution in [3.05, 3.63) is 0 Å². The molecular formula is C7H12O3S. The van der Waals surface area contributed by atoms with Crippen molar-refractivity contribution in [3.63, 3.8) is 0 Å². The fraction of sp³-hybridized carbons (Fsp3) is 0.857. The maximum Gasteiger partial charge on any atom is 0.151 e. The van der Waals surface area contributed by atoms with Gasteiger partial charge in [-0.2, -0.15) is 0 Å². The molecule has 0 bridgehead atoms. The van der Waals surface area contributed by atoms with Gasteiger partial charge in [0.05, 0.1) is 11.5 Å². The SMILES string of the molecule is CCC(=O)C1CCS(=O)(=O)C1. The summed E-state index contributed by atoms with van der Waals surface area (Å²) in [6.45, 7) is 1.77. The summed E-state index contributed by atoms with van der Waals surface area (Å²) in [5.74, 6) is 0.166. The molecule has 0 radical (unpaired) electrons. The molecule has 1 heterocycles. The monoisotopic (exact) mass is 176 g/mol. The summed E-state index contributed by atoms with van der Waals surface area (Å²) in [7, 11) is -2.87. The molecule has 1 fully saturated rings. The Morgan fingerprint density at radius 2 is 2.18 bits per heavy atom. The van der Waals surface area contributed by atoms with E-state index in [0.717, 1.165) is 0 Å². The quantitative estimate of drug-likeness (QED) is 0.612. The predicted molar refractivity (Wildman–Crippen MR) is 42.1 cm³/mol. The first kappa shape index (κ1) is 8.71. The molecule has 3 nitrogen and oxygen atoms in total. The molecular weight excluding hydrogens is 164 g/mol. The van der Waals surface area contributed by atoms with E-state index in [1.807, 2.05) is 0 Å². The molecule has 0 aliphatic carbocycles. The van der Waals surface area contributed by atoms with Gasteiger partial charge >= 0.3 is 0 Å². The topological polar surface area (TPSA) is 51.2 Å². The fourth-order valence-electron chi connectivity index (χ4n) is 1.34. The maximum absolute atomic E-state index is 11.0. The summed E-state index contributed by atoms with van der Waals surface area (Å²) < 4.78 is 21.8. The van der Waals surface area contributed by atoms with Crippen LogP contribution < -0.4 is 0 Å². The number of hydrogen-bond donors (Lipinski definition) is 0. The van der Waals surface area contributed by atoms with Gasteiger partial charge in [0.25, 0.3) is 0 Å². The highest BCUT2D eigenvalue weighted by atomic mass is 32.2. The number of carbonyl (C=O) groups is 1. The normalized spacial score (nSPS) is 28.6. The van der Waals surface area contributed by atoms with E-state index in [1.165, 1.54) is 0 Å². The second kappa shape index (κ2) is 2.93. The summed E-state index contributed by atoms with van der Waals surface area (Å²) in [6, 6.07) is 0. The molecule has 0 saturated carbocycles. The van der Waals surface area contributed by atoms with Gasteiger partial charge in [0.2, 0.25) is 0 Å². The zero-order valence-electron chi connectivity index (χ0n) is 6.54. The molecule has 1 unspecified atom stereocenters. The molecule has 4 heteroatoms. The average Bonchev–Trinajstić information content (AvgIpc) is 2.29. The molecule has 0 spiro atoms. The van der Waals surface area contributed by atoms with Crippen LogP contribution in [0.3, 0.4) is 0 Å². The van der Waals surface area contributed by atoms with Crippen LogP contribution in [0.1, 0.15) is 19.8 Å². The number of sulfone groups is 1. The van der Waals surface area contributed by atoms with Crippen molar-refractivity contribution < 1.29 is 13.2 Å². The number of Topliss-reactive ketones (excluding diaryl/α,β-unsaturated/α-hetero) is 1. The molecule has 1 saturated heterocycles. The van der Waals surface area contributed by atoms with Crippen LogP contribution in [-0.4, -0.2) is 25.7 Å². The van der Waals surface area contributed by atoms with Gasteiger partial charge in [-0.15, -0.1) is 0 Å². The van der Waals surface area contributed by atoms with Gasteiger partial charge in [-0.05, 0) is 6.42 Å². The highest BCUT2D eigenvalue weighted by Gasteiger charge is 2.31. The Kier molecular flexibility index (Phi) is 2.32. The Bertz CT molecular complexity index is 253. The number of ketones is 1. The molecule has 1 atom stereocenters. The molecule has 11 heavy (non-hydrogen) atoms. The standard InChI is InChI=1S/C7H12O3S/c1-2-7(8)6-3-4-11(9,10)5-6/h6H,2-5H2,1H3. The Balaban J connectivity index is 2.62. The maximum atomic E-state index is 11.0. The Morgan fingerprint density at radius 1 is 1.55 bits per heavy atom. The first-order valence-electron chi connectivity index (χ1n) is 3.78. The highest BCUT2D eigenvalue weighted by Crippen LogP contribution is 2.19. The molecule has 0 aromatic heterocycles. The number of rotatable bonds is 2. The van der Waals surface area contributed by atoms with E-state index in [2.05, 4.69) is 0 Å². The van der Waals surface area contributed by atoms with Gasteiger partial charge in [0.1, 0.15) is 5.78 Å². The zero-order valence-corrected chi connectivity index (χ0v) is 7.36. The third kappa shape index (κ3) is 2.02. The average molecular weight is 176 g/mol. The lowest BCUT2D eigenvalue weighted by atomic mass is 10.0. The van der Waals surface area contributed by atoms with Crippen LogP contribution >= 0.6 is 0 Å². The van der Waals surface area contributed by atoms with Crippen molar-refractivity contribution in [1.82, 2.24) is 0 Å². The largest absolute Gasteiger partial charge is 0.299 e. The molecule has 1 aliphatic heterocycles. The molecule has 64 valence electrons. The first-order chi connectivity index (χ1) is 5.05. The van der Waals surface area contributed by atoms with E-state index >= 15 is 0 Å². The van der Waals surface area contributed by atoms with Gasteiger partial charge in [-0.3, -0.25) is 4.79 Å². The molecule has 0 aromatic carbocycles. The van der Waals surface area contributed by atoms with E-state index in [-0.39, 0.29) is 23.2 Å². The lowest BCUT2D eigenvalue weighted by Gasteiger charge is -2.01. The van der Waals surface area contributed by atoms with Crippen LogP contribution in [0.15, 0.2) is 0 Å². The van der Waals surface area contributed by atoms with Crippen molar-refractivity contribution in [2.75, 3.05) is 11.5 Å². The molecule has 1 aliphatic rings. The summed E-state index contributed by atoms with van der Waals surface area (Å²) >= 11 is 0. The fourth-order valence-corrected chi connectivity index (χ4v) is 3.11. The van der Waals surface area contributed by atoms with Crippen LogP contribution in [0.5, 0.6) is 0 Å². The van der Waals surface area contributed by atoms with Crippen molar-refractivity contribution in [3.8, 4) is 0 Å². The van der Waals surface area contributed by atoms with Gasteiger partial charge in [0.15, 0.2) is 9.84 Å². The molecule has 0 aromatic rings. The van der Waals surface area contributed by atoms with Crippen LogP contribution in [0.25, 0.3) is 0 Å². The van der Waals surface area contributed by atoms with Crippen molar-refractivity contribution >= 4 is 15.6 Å². The zero-order chi connectivity index (χ0) is 8.48. The van der Waals surface area contributed by atoms with Crippen LogP contribution in [-0.2, 0) is 14.6 Å². The van der Waals surface area contributed by atoms with Gasteiger partial charge in [-0.25, -0.2) is 8.42 Å². The summed E-state index contributed by atoms with van der Waals surface area (Å²) in [5.41, 5.74) is 0. The highest BCUT2D eigenvalue weighted by molar-refractivity contribution is 7.91. The van der Waals surface area contributed by atoms with Crippen molar-refractivity contribution in [1.29, 1.82) is 0 Å². The molecule has 0 N–H and O–H groups in total. The van der Waals surface area contributed by atoms with E-state index < -0.39 is 9.84 Å². The minimum absolute atomic E-state index is 0.0830. The van der Waals surface area contributed by atoms with Crippen molar-refractivity contribution in [2.45, 2.75) is 19.8 Å². The molecule has 0 amide bonds. The Hall–Kier alpha value is -0.380. The smallest absolute Gasteiger partial charge is 0.151 e. The van der Waals surface area contributed by atoms with E-state index in [4.69, 9.17) is 0 Å². The number of hydrogen-bond acceptors (Lipinski definition) is 3. The van der Waals surface area contributed by atoms with Crippen molar-refractivity contribution in [2.24, 2.45) is 5.92 Å². The second-order valence-corrected chi connectivity index (χ2v) is 5.15. The van der Waals surface area contributed by atoms with Gasteiger partial charge < -0.3 is 0 Å². The third-order valence-corrected chi connectivity index (χ3v) is 3.80. The summed E-state index contributed by atoms with van der Waals surface area (Å²) in [4.78, 5) is 11.0. The van der Waals surface area contributed by atoms with E-state index in [0.29, 0.717) is 12.8 Å².